The van der Waals surface area contributed by atoms with Gasteiger partial charge in [-0.15, -0.1) is 0 Å². The molecule has 2 rings (SSSR count). The van der Waals surface area contributed by atoms with Crippen molar-refractivity contribution in [3.63, 3.8) is 0 Å². The highest BCUT2D eigenvalue weighted by molar-refractivity contribution is 5.17. The van der Waals surface area contributed by atoms with Gasteiger partial charge in [-0.05, 0) is 18.4 Å². The van der Waals surface area contributed by atoms with Crippen molar-refractivity contribution in [2.75, 3.05) is 19.8 Å². The van der Waals surface area contributed by atoms with E-state index in [0.29, 0.717) is 6.61 Å². The van der Waals surface area contributed by atoms with E-state index >= 15 is 0 Å². The van der Waals surface area contributed by atoms with Gasteiger partial charge < -0.3 is 14.6 Å². The molecule has 1 saturated heterocycles. The summed E-state index contributed by atoms with van der Waals surface area (Å²) in [5.74, 6) is 0. The summed E-state index contributed by atoms with van der Waals surface area (Å²) in [5, 5.41) is 9.29. The first kappa shape index (κ1) is 11.6. The fourth-order valence-electron chi connectivity index (χ4n) is 1.92. The van der Waals surface area contributed by atoms with Crippen LogP contribution in [0.4, 0.5) is 0 Å². The summed E-state index contributed by atoms with van der Waals surface area (Å²) in [6.45, 7) is 1.42. The molecule has 1 aliphatic heterocycles. The molecule has 0 aromatic heterocycles. The molecule has 2 atom stereocenters. The van der Waals surface area contributed by atoms with Gasteiger partial charge in [0.2, 0.25) is 0 Å². The van der Waals surface area contributed by atoms with Crippen LogP contribution in [0.1, 0.15) is 24.5 Å². The second-order valence-electron chi connectivity index (χ2n) is 4.05. The average molecular weight is 222 g/mol. The molecule has 1 fully saturated rings. The Bertz CT molecular complexity index is 293. The van der Waals surface area contributed by atoms with Crippen LogP contribution in [-0.2, 0) is 9.47 Å². The molecule has 1 heterocycles. The highest BCUT2D eigenvalue weighted by Crippen LogP contribution is 2.19. The van der Waals surface area contributed by atoms with Gasteiger partial charge in [-0.3, -0.25) is 0 Å². The molecule has 1 N–H and O–H groups in total. The van der Waals surface area contributed by atoms with Gasteiger partial charge in [0.25, 0.3) is 0 Å². The third-order valence-corrected chi connectivity index (χ3v) is 2.84. The normalized spacial score (nSPS) is 22.2. The maximum Gasteiger partial charge on any atom is 0.106 e. The lowest BCUT2D eigenvalue weighted by Gasteiger charge is -2.18. The molecule has 0 aliphatic carbocycles. The van der Waals surface area contributed by atoms with Gasteiger partial charge in [-0.25, -0.2) is 0 Å². The fraction of sp³-hybridized carbons (Fsp3) is 0.538. The Morgan fingerprint density at radius 3 is 2.81 bits per heavy atom. The monoisotopic (exact) mass is 222 g/mol. The van der Waals surface area contributed by atoms with E-state index in [1.807, 2.05) is 30.3 Å². The van der Waals surface area contributed by atoms with Crippen LogP contribution in [0.5, 0.6) is 0 Å². The van der Waals surface area contributed by atoms with Gasteiger partial charge in [-0.1, -0.05) is 30.3 Å². The van der Waals surface area contributed by atoms with E-state index in [-0.39, 0.29) is 18.8 Å². The quantitative estimate of drug-likeness (QED) is 0.827. The maximum atomic E-state index is 9.29. The molecule has 3 heteroatoms. The molecular formula is C13H18O3. The molecule has 1 aromatic rings. The minimum Gasteiger partial charge on any atom is -0.393 e. The molecule has 1 unspecified atom stereocenters. The lowest BCUT2D eigenvalue weighted by Crippen LogP contribution is -2.18. The highest BCUT2D eigenvalue weighted by Gasteiger charge is 2.18. The minimum atomic E-state index is -0.231. The van der Waals surface area contributed by atoms with E-state index in [9.17, 15) is 5.11 Å². The number of aliphatic hydroxyl groups is 1. The maximum absolute atomic E-state index is 9.29. The van der Waals surface area contributed by atoms with Crippen LogP contribution < -0.4 is 0 Å². The molecule has 1 aromatic carbocycles. The Labute approximate surface area is 96.0 Å². The standard InChI is InChI=1S/C13H18O3/c14-9-13(11-5-2-1-3-6-11)16-10-12-7-4-8-15-12/h1-3,5-6,12-14H,4,7-10H2/t12?,13-/m0/s1. The van der Waals surface area contributed by atoms with Gasteiger partial charge in [0.15, 0.2) is 0 Å². The van der Waals surface area contributed by atoms with Crippen LogP contribution in [0.25, 0.3) is 0 Å². The molecule has 0 radical (unpaired) electrons. The zero-order valence-electron chi connectivity index (χ0n) is 9.34. The van der Waals surface area contributed by atoms with E-state index in [0.717, 1.165) is 25.0 Å². The Kier molecular flexibility index (Phi) is 4.34. The second kappa shape index (κ2) is 5.99. The zero-order chi connectivity index (χ0) is 11.2. The van der Waals surface area contributed by atoms with Crippen LogP contribution in [0.3, 0.4) is 0 Å². The van der Waals surface area contributed by atoms with Crippen molar-refractivity contribution in [2.24, 2.45) is 0 Å². The van der Waals surface area contributed by atoms with Gasteiger partial charge in [-0.2, -0.15) is 0 Å². The van der Waals surface area contributed by atoms with Crippen molar-refractivity contribution in [2.45, 2.75) is 25.0 Å². The smallest absolute Gasteiger partial charge is 0.106 e. The third-order valence-electron chi connectivity index (χ3n) is 2.84. The molecule has 0 bridgehead atoms. The molecular weight excluding hydrogens is 204 g/mol. The predicted molar refractivity (Wildman–Crippen MR) is 61.2 cm³/mol. The number of benzene rings is 1. The van der Waals surface area contributed by atoms with E-state index < -0.39 is 0 Å². The summed E-state index contributed by atoms with van der Waals surface area (Å²) >= 11 is 0. The Balaban J connectivity index is 1.85. The van der Waals surface area contributed by atoms with E-state index in [1.165, 1.54) is 0 Å². The van der Waals surface area contributed by atoms with Crippen molar-refractivity contribution in [3.05, 3.63) is 35.9 Å². The lowest BCUT2D eigenvalue weighted by atomic mass is 10.1. The Morgan fingerprint density at radius 2 is 2.19 bits per heavy atom. The third kappa shape index (κ3) is 3.04. The summed E-state index contributed by atoms with van der Waals surface area (Å²) in [5.41, 5.74) is 1.02. The number of ether oxygens (including phenoxy) is 2. The average Bonchev–Trinajstić information content (AvgIpc) is 2.84. The molecule has 88 valence electrons. The Morgan fingerprint density at radius 1 is 1.38 bits per heavy atom. The van der Waals surface area contributed by atoms with Crippen LogP contribution in [0.15, 0.2) is 30.3 Å². The SMILES string of the molecule is OC[C@H](OCC1CCCO1)c1ccccc1. The van der Waals surface area contributed by atoms with E-state index in [1.54, 1.807) is 0 Å². The van der Waals surface area contributed by atoms with Gasteiger partial charge >= 0.3 is 0 Å². The first-order valence-electron chi connectivity index (χ1n) is 5.79. The largest absolute Gasteiger partial charge is 0.393 e. The molecule has 16 heavy (non-hydrogen) atoms. The fourth-order valence-corrected chi connectivity index (χ4v) is 1.92. The van der Waals surface area contributed by atoms with E-state index in [2.05, 4.69) is 0 Å². The first-order chi connectivity index (χ1) is 7.90. The summed E-state index contributed by atoms with van der Waals surface area (Å²) < 4.78 is 11.2. The van der Waals surface area contributed by atoms with Crippen LogP contribution in [0.2, 0.25) is 0 Å². The van der Waals surface area contributed by atoms with Crippen molar-refractivity contribution >= 4 is 0 Å². The number of aliphatic hydroxyl groups excluding tert-OH is 1. The van der Waals surface area contributed by atoms with Crippen LogP contribution >= 0.6 is 0 Å². The van der Waals surface area contributed by atoms with Gasteiger partial charge in [0, 0.05) is 6.61 Å². The number of hydrogen-bond donors (Lipinski definition) is 1. The van der Waals surface area contributed by atoms with Gasteiger partial charge in [0.05, 0.1) is 19.3 Å². The number of hydrogen-bond acceptors (Lipinski definition) is 3. The Hall–Kier alpha value is -0.900. The zero-order valence-corrected chi connectivity index (χ0v) is 9.34. The summed E-state index contributed by atoms with van der Waals surface area (Å²) in [6.07, 6.45) is 2.15. The summed E-state index contributed by atoms with van der Waals surface area (Å²) in [4.78, 5) is 0. The molecule has 0 amide bonds. The lowest BCUT2D eigenvalue weighted by molar-refractivity contribution is -0.0408. The minimum absolute atomic E-state index is 0.0106. The van der Waals surface area contributed by atoms with Crippen molar-refractivity contribution in [3.8, 4) is 0 Å². The van der Waals surface area contributed by atoms with Crippen LogP contribution in [0, 0.1) is 0 Å². The van der Waals surface area contributed by atoms with Crippen LogP contribution in [-0.4, -0.2) is 31.0 Å². The van der Waals surface area contributed by atoms with Crippen molar-refractivity contribution in [1.29, 1.82) is 0 Å². The topological polar surface area (TPSA) is 38.7 Å². The molecule has 0 spiro atoms. The second-order valence-corrected chi connectivity index (χ2v) is 4.05. The first-order valence-corrected chi connectivity index (χ1v) is 5.79. The summed E-state index contributed by atoms with van der Waals surface area (Å²) in [7, 11) is 0. The van der Waals surface area contributed by atoms with Gasteiger partial charge in [0.1, 0.15) is 6.10 Å². The number of rotatable bonds is 5. The summed E-state index contributed by atoms with van der Waals surface area (Å²) in [6, 6.07) is 9.80. The van der Waals surface area contributed by atoms with Crippen molar-refractivity contribution < 1.29 is 14.6 Å². The molecule has 3 nitrogen and oxygen atoms in total. The predicted octanol–water partition coefficient (Wildman–Crippen LogP) is 1.92. The molecule has 1 aliphatic rings. The molecule has 0 saturated carbocycles. The van der Waals surface area contributed by atoms with Crippen molar-refractivity contribution in [1.82, 2.24) is 0 Å². The van der Waals surface area contributed by atoms with E-state index in [4.69, 9.17) is 9.47 Å². The highest BCUT2D eigenvalue weighted by atomic mass is 16.5.